The highest BCUT2D eigenvalue weighted by atomic mass is 35.5. The maximum Gasteiger partial charge on any atom is 0.119 e. The molecule has 0 heterocycles. The third-order valence-electron chi connectivity index (χ3n) is 2.00. The second-order valence-corrected chi connectivity index (χ2v) is 3.51. The standard InChI is InChI=1S/C12H14ClNO/c13-10-11-5-4-6-12(9-11)15-8-3-1-2-7-14/h4-6,9H,1-3,8,10H2. The highest BCUT2D eigenvalue weighted by Crippen LogP contribution is 2.15. The number of nitriles is 1. The number of alkyl halides is 1. The lowest BCUT2D eigenvalue weighted by atomic mass is 10.2. The Labute approximate surface area is 95.4 Å². The van der Waals surface area contributed by atoms with Crippen LogP contribution in [0.2, 0.25) is 0 Å². The maximum atomic E-state index is 8.35. The van der Waals surface area contributed by atoms with Crippen LogP contribution in [-0.2, 0) is 5.88 Å². The van der Waals surface area contributed by atoms with Crippen LogP contribution in [0.5, 0.6) is 5.75 Å². The first-order valence-electron chi connectivity index (χ1n) is 5.01. The van der Waals surface area contributed by atoms with Gasteiger partial charge in [0.2, 0.25) is 0 Å². The van der Waals surface area contributed by atoms with Crippen molar-refractivity contribution < 1.29 is 4.74 Å². The number of rotatable bonds is 6. The van der Waals surface area contributed by atoms with Crippen molar-refractivity contribution in [3.05, 3.63) is 29.8 Å². The molecule has 0 aliphatic rings. The van der Waals surface area contributed by atoms with E-state index < -0.39 is 0 Å². The van der Waals surface area contributed by atoms with Crippen LogP contribution < -0.4 is 4.74 Å². The molecule has 0 saturated carbocycles. The minimum atomic E-state index is 0.506. The molecule has 1 rings (SSSR count). The van der Waals surface area contributed by atoms with E-state index in [-0.39, 0.29) is 0 Å². The van der Waals surface area contributed by atoms with E-state index in [9.17, 15) is 0 Å². The van der Waals surface area contributed by atoms with Crippen molar-refractivity contribution in [2.45, 2.75) is 25.1 Å². The van der Waals surface area contributed by atoms with Gasteiger partial charge in [-0.1, -0.05) is 12.1 Å². The fraction of sp³-hybridized carbons (Fsp3) is 0.417. The van der Waals surface area contributed by atoms with Crippen LogP contribution in [-0.4, -0.2) is 6.61 Å². The number of halogens is 1. The predicted octanol–water partition coefficient (Wildman–Crippen LogP) is 3.50. The smallest absolute Gasteiger partial charge is 0.119 e. The first-order chi connectivity index (χ1) is 7.36. The van der Waals surface area contributed by atoms with Crippen molar-refractivity contribution in [2.75, 3.05) is 6.61 Å². The lowest BCUT2D eigenvalue weighted by Crippen LogP contribution is -1.97. The molecule has 3 heteroatoms. The molecule has 0 aliphatic heterocycles. The van der Waals surface area contributed by atoms with Crippen molar-refractivity contribution in [2.24, 2.45) is 0 Å². The summed E-state index contributed by atoms with van der Waals surface area (Å²) in [6.45, 7) is 0.660. The minimum absolute atomic E-state index is 0.506. The monoisotopic (exact) mass is 223 g/mol. The number of hydrogen-bond acceptors (Lipinski definition) is 2. The van der Waals surface area contributed by atoms with E-state index in [1.165, 1.54) is 0 Å². The van der Waals surface area contributed by atoms with Gasteiger partial charge < -0.3 is 4.74 Å². The zero-order valence-corrected chi connectivity index (χ0v) is 9.33. The largest absolute Gasteiger partial charge is 0.494 e. The van der Waals surface area contributed by atoms with Crippen LogP contribution in [0.3, 0.4) is 0 Å². The molecule has 80 valence electrons. The summed E-state index contributed by atoms with van der Waals surface area (Å²) in [7, 11) is 0. The van der Waals surface area contributed by atoms with Crippen LogP contribution in [0.25, 0.3) is 0 Å². The summed E-state index contributed by atoms with van der Waals surface area (Å²) in [5.41, 5.74) is 1.06. The second kappa shape index (κ2) is 7.14. The lowest BCUT2D eigenvalue weighted by Gasteiger charge is -2.06. The zero-order chi connectivity index (χ0) is 10.9. The Balaban J connectivity index is 2.28. The highest BCUT2D eigenvalue weighted by Gasteiger charge is 1.95. The first kappa shape index (κ1) is 11.9. The Hall–Kier alpha value is -1.20. The quantitative estimate of drug-likeness (QED) is 0.546. The van der Waals surface area contributed by atoms with Gasteiger partial charge in [-0.3, -0.25) is 0 Å². The number of unbranched alkanes of at least 4 members (excludes halogenated alkanes) is 2. The fourth-order valence-electron chi connectivity index (χ4n) is 1.21. The third kappa shape index (κ3) is 4.71. The Morgan fingerprint density at radius 1 is 1.33 bits per heavy atom. The van der Waals surface area contributed by atoms with Gasteiger partial charge in [0.1, 0.15) is 5.75 Å². The molecule has 1 aromatic rings. The molecular formula is C12H14ClNO. The lowest BCUT2D eigenvalue weighted by molar-refractivity contribution is 0.307. The van der Waals surface area contributed by atoms with Gasteiger partial charge >= 0.3 is 0 Å². The van der Waals surface area contributed by atoms with Gasteiger partial charge in [0.15, 0.2) is 0 Å². The van der Waals surface area contributed by atoms with E-state index in [4.69, 9.17) is 21.6 Å². The number of hydrogen-bond donors (Lipinski definition) is 0. The molecule has 0 aliphatic carbocycles. The van der Waals surface area contributed by atoms with Gasteiger partial charge in [-0.05, 0) is 30.5 Å². The van der Waals surface area contributed by atoms with Crippen molar-refractivity contribution >= 4 is 11.6 Å². The molecule has 0 atom stereocenters. The molecule has 1 aromatic carbocycles. The molecule has 15 heavy (non-hydrogen) atoms. The molecule has 0 bridgehead atoms. The number of ether oxygens (including phenoxy) is 1. The maximum absolute atomic E-state index is 8.35. The minimum Gasteiger partial charge on any atom is -0.494 e. The van der Waals surface area contributed by atoms with Crippen LogP contribution in [0.1, 0.15) is 24.8 Å². The third-order valence-corrected chi connectivity index (χ3v) is 2.31. The molecule has 0 aromatic heterocycles. The van der Waals surface area contributed by atoms with Gasteiger partial charge in [-0.2, -0.15) is 5.26 Å². The summed E-state index contributed by atoms with van der Waals surface area (Å²) < 4.78 is 5.53. The van der Waals surface area contributed by atoms with E-state index in [0.29, 0.717) is 18.9 Å². The average molecular weight is 224 g/mol. The number of nitrogens with zero attached hydrogens (tertiary/aromatic N) is 1. The molecular weight excluding hydrogens is 210 g/mol. The van der Waals surface area contributed by atoms with E-state index in [1.54, 1.807) is 0 Å². The SMILES string of the molecule is N#CCCCCOc1cccc(CCl)c1. The van der Waals surface area contributed by atoms with Crippen LogP contribution >= 0.6 is 11.6 Å². The highest BCUT2D eigenvalue weighted by molar-refractivity contribution is 6.17. The van der Waals surface area contributed by atoms with Gasteiger partial charge in [-0.25, -0.2) is 0 Å². The predicted molar refractivity (Wildman–Crippen MR) is 61.0 cm³/mol. The molecule has 0 spiro atoms. The topological polar surface area (TPSA) is 33.0 Å². The van der Waals surface area contributed by atoms with Crippen LogP contribution in [0.15, 0.2) is 24.3 Å². The van der Waals surface area contributed by atoms with Gasteiger partial charge in [0, 0.05) is 12.3 Å². The van der Waals surface area contributed by atoms with E-state index in [2.05, 4.69) is 6.07 Å². The van der Waals surface area contributed by atoms with Crippen LogP contribution in [0.4, 0.5) is 0 Å². The van der Waals surface area contributed by atoms with Gasteiger partial charge in [0.05, 0.1) is 12.7 Å². The van der Waals surface area contributed by atoms with Crippen molar-refractivity contribution in [1.82, 2.24) is 0 Å². The Morgan fingerprint density at radius 3 is 2.93 bits per heavy atom. The van der Waals surface area contributed by atoms with Crippen molar-refractivity contribution in [3.63, 3.8) is 0 Å². The normalized spacial score (nSPS) is 9.60. The second-order valence-electron chi connectivity index (χ2n) is 3.24. The zero-order valence-electron chi connectivity index (χ0n) is 8.58. The van der Waals surface area contributed by atoms with Gasteiger partial charge in [-0.15, -0.1) is 11.6 Å². The summed E-state index contributed by atoms with van der Waals surface area (Å²) in [6.07, 6.45) is 2.41. The molecule has 0 radical (unpaired) electrons. The Kier molecular flexibility index (Phi) is 5.65. The van der Waals surface area contributed by atoms with Crippen LogP contribution in [0, 0.1) is 11.3 Å². The Morgan fingerprint density at radius 2 is 2.20 bits per heavy atom. The fourth-order valence-corrected chi connectivity index (χ4v) is 1.38. The van der Waals surface area contributed by atoms with E-state index >= 15 is 0 Å². The molecule has 0 saturated heterocycles. The van der Waals surface area contributed by atoms with Crippen molar-refractivity contribution in [1.29, 1.82) is 5.26 Å². The summed E-state index contributed by atoms with van der Waals surface area (Å²) in [6, 6.07) is 9.87. The van der Waals surface area contributed by atoms with Gasteiger partial charge in [0.25, 0.3) is 0 Å². The number of benzene rings is 1. The summed E-state index contributed by atoms with van der Waals surface area (Å²) >= 11 is 5.71. The Bertz CT molecular complexity index is 333. The summed E-state index contributed by atoms with van der Waals surface area (Å²) in [4.78, 5) is 0. The molecule has 0 fully saturated rings. The van der Waals surface area contributed by atoms with Crippen molar-refractivity contribution in [3.8, 4) is 11.8 Å². The van der Waals surface area contributed by atoms with E-state index in [0.717, 1.165) is 24.2 Å². The molecule has 2 nitrogen and oxygen atoms in total. The van der Waals surface area contributed by atoms with E-state index in [1.807, 2.05) is 24.3 Å². The molecule has 0 amide bonds. The molecule has 0 N–H and O–H groups in total. The average Bonchev–Trinajstić information content (AvgIpc) is 2.29. The first-order valence-corrected chi connectivity index (χ1v) is 5.55. The summed E-state index contributed by atoms with van der Waals surface area (Å²) in [5.74, 6) is 1.36. The molecule has 0 unspecified atom stereocenters. The summed E-state index contributed by atoms with van der Waals surface area (Å²) in [5, 5.41) is 8.35.